The Kier molecular flexibility index (Phi) is 5.44. The molecule has 1 aromatic carbocycles. The molecule has 0 radical (unpaired) electrons. The summed E-state index contributed by atoms with van der Waals surface area (Å²) >= 11 is 0. The summed E-state index contributed by atoms with van der Waals surface area (Å²) in [6, 6.07) is 9.48. The number of hydrogen-bond acceptors (Lipinski definition) is 7. The van der Waals surface area contributed by atoms with Crippen molar-refractivity contribution in [1.29, 1.82) is 0 Å². The van der Waals surface area contributed by atoms with Gasteiger partial charge in [0.15, 0.2) is 0 Å². The van der Waals surface area contributed by atoms with Gasteiger partial charge in [-0.3, -0.25) is 15.1 Å². The van der Waals surface area contributed by atoms with Crippen molar-refractivity contribution in [2.45, 2.75) is 26.7 Å². The van der Waals surface area contributed by atoms with Gasteiger partial charge in [0.25, 0.3) is 0 Å². The molecule has 0 amide bonds. The van der Waals surface area contributed by atoms with Crippen LogP contribution in [0.15, 0.2) is 36.7 Å². The predicted molar refractivity (Wildman–Crippen MR) is 107 cm³/mol. The number of aryl methyl sites for hydroxylation is 1. The van der Waals surface area contributed by atoms with Crippen LogP contribution < -0.4 is 10.2 Å². The Morgan fingerprint density at radius 2 is 2.04 bits per heavy atom. The molecule has 2 aromatic heterocycles. The highest BCUT2D eigenvalue weighted by Gasteiger charge is 2.25. The molecule has 8 nitrogen and oxygen atoms in total. The lowest BCUT2D eigenvalue weighted by atomic mass is 10.1. The van der Waals surface area contributed by atoms with Crippen molar-refractivity contribution in [3.05, 3.63) is 52.5 Å². The third-order valence-corrected chi connectivity index (χ3v) is 4.32. The topological polar surface area (TPSA) is 97.1 Å². The maximum atomic E-state index is 11.8. The summed E-state index contributed by atoms with van der Waals surface area (Å²) in [5.41, 5.74) is 2.31. The van der Waals surface area contributed by atoms with E-state index >= 15 is 0 Å². The number of aromatic nitrogens is 3. The minimum absolute atomic E-state index is 0.131. The monoisotopic (exact) mass is 366 g/mol. The third kappa shape index (κ3) is 3.94. The van der Waals surface area contributed by atoms with Gasteiger partial charge in [0.1, 0.15) is 6.33 Å². The van der Waals surface area contributed by atoms with Crippen LogP contribution in [0.4, 0.5) is 23.0 Å². The van der Waals surface area contributed by atoms with Crippen LogP contribution >= 0.6 is 0 Å². The van der Waals surface area contributed by atoms with Crippen molar-refractivity contribution in [2.24, 2.45) is 0 Å². The normalized spacial score (nSPS) is 10.8. The fourth-order valence-corrected chi connectivity index (χ4v) is 2.90. The van der Waals surface area contributed by atoms with Crippen molar-refractivity contribution >= 4 is 33.9 Å². The molecule has 0 aliphatic heterocycles. The molecule has 8 heteroatoms. The van der Waals surface area contributed by atoms with Gasteiger partial charge in [-0.1, -0.05) is 19.4 Å². The van der Waals surface area contributed by atoms with E-state index in [1.807, 2.05) is 37.3 Å². The Bertz CT molecular complexity index is 976. The SMILES string of the molecule is CCCCN(C)c1ncnc(Nc2cccc3nc(C)ccc23)c1[N+](=O)[O-]. The third-order valence-electron chi connectivity index (χ3n) is 4.32. The van der Waals surface area contributed by atoms with E-state index in [0.717, 1.165) is 29.4 Å². The van der Waals surface area contributed by atoms with E-state index in [-0.39, 0.29) is 11.5 Å². The maximum absolute atomic E-state index is 11.8. The van der Waals surface area contributed by atoms with Crippen molar-refractivity contribution in [3.8, 4) is 0 Å². The molecule has 0 atom stereocenters. The van der Waals surface area contributed by atoms with Crippen LogP contribution in [0.25, 0.3) is 10.9 Å². The molecule has 0 saturated heterocycles. The van der Waals surface area contributed by atoms with Crippen LogP contribution in [0.1, 0.15) is 25.5 Å². The highest BCUT2D eigenvalue weighted by atomic mass is 16.6. The molecule has 0 saturated carbocycles. The number of nitrogens with one attached hydrogen (secondary N) is 1. The first-order valence-corrected chi connectivity index (χ1v) is 8.85. The quantitative estimate of drug-likeness (QED) is 0.494. The molecular formula is C19H22N6O2. The molecule has 3 aromatic rings. The first kappa shape index (κ1) is 18.5. The molecule has 1 N–H and O–H groups in total. The molecule has 0 spiro atoms. The lowest BCUT2D eigenvalue weighted by Crippen LogP contribution is -2.21. The number of unbranched alkanes of at least 4 members (excludes halogenated alkanes) is 1. The lowest BCUT2D eigenvalue weighted by Gasteiger charge is -2.18. The molecule has 0 unspecified atom stereocenters. The smallest absolute Gasteiger partial charge is 0.353 e. The molecule has 140 valence electrons. The fourth-order valence-electron chi connectivity index (χ4n) is 2.90. The summed E-state index contributed by atoms with van der Waals surface area (Å²) in [5.74, 6) is 0.474. The average molecular weight is 366 g/mol. The highest BCUT2D eigenvalue weighted by molar-refractivity contribution is 5.94. The molecule has 0 aliphatic carbocycles. The zero-order valence-corrected chi connectivity index (χ0v) is 15.6. The van der Waals surface area contributed by atoms with E-state index in [1.54, 1.807) is 11.9 Å². The summed E-state index contributed by atoms with van der Waals surface area (Å²) < 4.78 is 0. The van der Waals surface area contributed by atoms with E-state index in [4.69, 9.17) is 0 Å². The first-order valence-electron chi connectivity index (χ1n) is 8.85. The molecule has 0 bridgehead atoms. The maximum Gasteiger partial charge on any atom is 0.353 e. The predicted octanol–water partition coefficient (Wildman–Crippen LogP) is 4.22. The number of hydrogen-bond donors (Lipinski definition) is 1. The molecule has 2 heterocycles. The van der Waals surface area contributed by atoms with E-state index in [2.05, 4.69) is 27.2 Å². The summed E-state index contributed by atoms with van der Waals surface area (Å²) in [7, 11) is 1.80. The first-order chi connectivity index (χ1) is 13.0. The van der Waals surface area contributed by atoms with Crippen molar-refractivity contribution < 1.29 is 4.92 Å². The number of benzene rings is 1. The number of rotatable bonds is 7. The standard InChI is InChI=1S/C19H22N6O2/c1-4-5-11-24(3)19-17(25(26)27)18(20-12-21-19)23-16-8-6-7-15-14(16)10-9-13(2)22-15/h6-10,12H,4-5,11H2,1-3H3,(H,20,21,23). The minimum Gasteiger partial charge on any atom is -0.354 e. The van der Waals surface area contributed by atoms with Gasteiger partial charge in [-0.05, 0) is 37.6 Å². The molecule has 3 rings (SSSR count). The summed E-state index contributed by atoms with van der Waals surface area (Å²) in [4.78, 5) is 25.9. The second-order valence-corrected chi connectivity index (χ2v) is 6.38. The second-order valence-electron chi connectivity index (χ2n) is 6.38. The van der Waals surface area contributed by atoms with Gasteiger partial charge >= 0.3 is 5.69 Å². The minimum atomic E-state index is -0.437. The zero-order chi connectivity index (χ0) is 19.4. The average Bonchev–Trinajstić information content (AvgIpc) is 2.65. The lowest BCUT2D eigenvalue weighted by molar-refractivity contribution is -0.383. The highest BCUT2D eigenvalue weighted by Crippen LogP contribution is 2.34. The van der Waals surface area contributed by atoms with Crippen LogP contribution in [0.2, 0.25) is 0 Å². The van der Waals surface area contributed by atoms with Crippen molar-refractivity contribution in [2.75, 3.05) is 23.8 Å². The van der Waals surface area contributed by atoms with Crippen LogP contribution in [-0.4, -0.2) is 33.5 Å². The van der Waals surface area contributed by atoms with Crippen LogP contribution in [-0.2, 0) is 0 Å². The number of anilines is 3. The van der Waals surface area contributed by atoms with Gasteiger partial charge < -0.3 is 10.2 Å². The fraction of sp³-hybridized carbons (Fsp3) is 0.316. The van der Waals surface area contributed by atoms with E-state index in [0.29, 0.717) is 18.1 Å². The summed E-state index contributed by atoms with van der Waals surface area (Å²) in [6.07, 6.45) is 3.27. The van der Waals surface area contributed by atoms with Crippen molar-refractivity contribution in [1.82, 2.24) is 15.0 Å². The molecule has 27 heavy (non-hydrogen) atoms. The zero-order valence-electron chi connectivity index (χ0n) is 15.6. The molecular weight excluding hydrogens is 344 g/mol. The van der Waals surface area contributed by atoms with Gasteiger partial charge in [0, 0.05) is 30.4 Å². The number of nitro groups is 1. The second kappa shape index (κ2) is 7.94. The van der Waals surface area contributed by atoms with E-state index < -0.39 is 4.92 Å². The molecule has 0 fully saturated rings. The summed E-state index contributed by atoms with van der Waals surface area (Å²) in [6.45, 7) is 4.68. The van der Waals surface area contributed by atoms with Crippen LogP contribution in [0, 0.1) is 17.0 Å². The van der Waals surface area contributed by atoms with Gasteiger partial charge in [-0.15, -0.1) is 0 Å². The Hall–Kier alpha value is -3.29. The van der Waals surface area contributed by atoms with Gasteiger partial charge in [0.05, 0.1) is 10.4 Å². The van der Waals surface area contributed by atoms with Crippen LogP contribution in [0.3, 0.4) is 0 Å². The number of fused-ring (bicyclic) bond motifs is 1. The van der Waals surface area contributed by atoms with Gasteiger partial charge in [-0.25, -0.2) is 9.97 Å². The van der Waals surface area contributed by atoms with E-state index in [9.17, 15) is 10.1 Å². The largest absolute Gasteiger partial charge is 0.354 e. The number of nitrogens with zero attached hydrogens (tertiary/aromatic N) is 5. The molecule has 0 aliphatic rings. The Balaban J connectivity index is 2.04. The number of pyridine rings is 1. The Labute approximate surface area is 157 Å². The summed E-state index contributed by atoms with van der Waals surface area (Å²) in [5, 5.41) is 15.7. The van der Waals surface area contributed by atoms with Gasteiger partial charge in [0.2, 0.25) is 11.6 Å². The van der Waals surface area contributed by atoms with Gasteiger partial charge in [-0.2, -0.15) is 0 Å². The van der Waals surface area contributed by atoms with Crippen molar-refractivity contribution in [3.63, 3.8) is 0 Å². The van der Waals surface area contributed by atoms with Crippen LogP contribution in [0.5, 0.6) is 0 Å². The Morgan fingerprint density at radius 3 is 2.78 bits per heavy atom. The van der Waals surface area contributed by atoms with E-state index in [1.165, 1.54) is 6.33 Å². The Morgan fingerprint density at radius 1 is 1.22 bits per heavy atom.